The highest BCUT2D eigenvalue weighted by Crippen LogP contribution is 2.34. The summed E-state index contributed by atoms with van der Waals surface area (Å²) in [5.41, 5.74) is 2.92. The van der Waals surface area contributed by atoms with E-state index in [-0.39, 0.29) is 5.91 Å². The predicted octanol–water partition coefficient (Wildman–Crippen LogP) is 2.60. The number of carbonyl (C=O) groups excluding carboxylic acids is 1. The smallest absolute Gasteiger partial charge is 0.255 e. The number of benzene rings is 1. The topological polar surface area (TPSA) is 84.7 Å². The van der Waals surface area contributed by atoms with Gasteiger partial charge in [-0.05, 0) is 30.7 Å². The van der Waals surface area contributed by atoms with Crippen molar-refractivity contribution in [3.63, 3.8) is 0 Å². The van der Waals surface area contributed by atoms with E-state index in [1.807, 2.05) is 49.4 Å². The second-order valence-corrected chi connectivity index (χ2v) is 5.70. The van der Waals surface area contributed by atoms with Crippen molar-refractivity contribution in [1.29, 1.82) is 0 Å². The number of allylic oxidation sites excluding steroid dienone is 1. The first-order valence-corrected chi connectivity index (χ1v) is 7.87. The van der Waals surface area contributed by atoms with Crippen molar-refractivity contribution in [2.75, 3.05) is 10.6 Å². The number of amides is 1. The van der Waals surface area contributed by atoms with Gasteiger partial charge in [0.1, 0.15) is 12.4 Å². The number of rotatable bonds is 3. The molecule has 124 valence electrons. The number of aromatic nitrogens is 4. The summed E-state index contributed by atoms with van der Waals surface area (Å²) in [7, 11) is 0. The van der Waals surface area contributed by atoms with Gasteiger partial charge in [0.25, 0.3) is 5.91 Å². The molecule has 1 aliphatic rings. The molecule has 7 heteroatoms. The Morgan fingerprint density at radius 2 is 2.04 bits per heavy atom. The maximum absolute atomic E-state index is 13.0. The highest BCUT2D eigenvalue weighted by atomic mass is 16.1. The van der Waals surface area contributed by atoms with Crippen molar-refractivity contribution in [2.24, 2.45) is 0 Å². The van der Waals surface area contributed by atoms with Crippen LogP contribution in [0.3, 0.4) is 0 Å². The lowest BCUT2D eigenvalue weighted by Gasteiger charge is -2.28. The molecular weight excluding hydrogens is 316 g/mol. The first-order chi connectivity index (χ1) is 12.2. The normalized spacial score (nSPS) is 16.1. The van der Waals surface area contributed by atoms with Crippen molar-refractivity contribution < 1.29 is 4.79 Å². The minimum atomic E-state index is -0.392. The summed E-state index contributed by atoms with van der Waals surface area (Å²) in [4.78, 5) is 21.4. The van der Waals surface area contributed by atoms with Crippen LogP contribution in [0.15, 0.2) is 72.5 Å². The molecule has 1 amide bonds. The molecule has 0 fully saturated rings. The Bertz CT molecular complexity index is 932. The van der Waals surface area contributed by atoms with Gasteiger partial charge in [-0.25, -0.2) is 4.68 Å². The van der Waals surface area contributed by atoms with Gasteiger partial charge in [-0.15, -0.1) is 0 Å². The van der Waals surface area contributed by atoms with Gasteiger partial charge >= 0.3 is 0 Å². The predicted molar refractivity (Wildman–Crippen MR) is 93.8 cm³/mol. The highest BCUT2D eigenvalue weighted by Gasteiger charge is 2.33. The van der Waals surface area contributed by atoms with Crippen molar-refractivity contribution in [3.05, 3.63) is 78.0 Å². The lowest BCUT2D eigenvalue weighted by Crippen LogP contribution is -2.31. The molecule has 0 bridgehead atoms. The molecule has 3 heterocycles. The van der Waals surface area contributed by atoms with Crippen molar-refractivity contribution in [2.45, 2.75) is 13.0 Å². The zero-order valence-electron chi connectivity index (χ0n) is 13.5. The molecule has 2 N–H and O–H groups in total. The number of pyridine rings is 1. The third kappa shape index (κ3) is 2.76. The molecule has 7 nitrogen and oxygen atoms in total. The molecule has 0 saturated heterocycles. The van der Waals surface area contributed by atoms with Crippen LogP contribution in [0.2, 0.25) is 0 Å². The van der Waals surface area contributed by atoms with E-state index < -0.39 is 6.04 Å². The molecule has 0 saturated carbocycles. The van der Waals surface area contributed by atoms with E-state index in [2.05, 4.69) is 25.7 Å². The van der Waals surface area contributed by atoms with Crippen LogP contribution in [0.5, 0.6) is 0 Å². The third-order valence-electron chi connectivity index (χ3n) is 4.07. The Morgan fingerprint density at radius 3 is 2.80 bits per heavy atom. The Kier molecular flexibility index (Phi) is 3.74. The summed E-state index contributed by atoms with van der Waals surface area (Å²) in [6.45, 7) is 1.86. The lowest BCUT2D eigenvalue weighted by atomic mass is 9.96. The van der Waals surface area contributed by atoms with Gasteiger partial charge in [0.05, 0.1) is 5.57 Å². The number of hydrogen-bond acceptors (Lipinski definition) is 5. The zero-order chi connectivity index (χ0) is 17.2. The summed E-state index contributed by atoms with van der Waals surface area (Å²) < 4.78 is 1.70. The number of fused-ring (bicyclic) bond motifs is 1. The minimum absolute atomic E-state index is 0.189. The fourth-order valence-electron chi connectivity index (χ4n) is 2.95. The van der Waals surface area contributed by atoms with Crippen LogP contribution in [0.25, 0.3) is 0 Å². The van der Waals surface area contributed by atoms with E-state index in [0.29, 0.717) is 11.5 Å². The van der Waals surface area contributed by atoms with E-state index in [1.54, 1.807) is 17.1 Å². The molecule has 3 aromatic rings. The number of hydrogen-bond donors (Lipinski definition) is 2. The first-order valence-electron chi connectivity index (χ1n) is 7.87. The van der Waals surface area contributed by atoms with Crippen LogP contribution in [0, 0.1) is 0 Å². The molecule has 2 aromatic heterocycles. The monoisotopic (exact) mass is 332 g/mol. The van der Waals surface area contributed by atoms with Gasteiger partial charge in [0, 0.05) is 23.8 Å². The number of para-hydroxylation sites is 1. The molecule has 25 heavy (non-hydrogen) atoms. The maximum atomic E-state index is 13.0. The van der Waals surface area contributed by atoms with Gasteiger partial charge < -0.3 is 10.6 Å². The fourth-order valence-corrected chi connectivity index (χ4v) is 2.95. The summed E-state index contributed by atoms with van der Waals surface area (Å²) in [6, 6.07) is 12.7. The minimum Gasteiger partial charge on any atom is -0.328 e. The van der Waals surface area contributed by atoms with E-state index in [9.17, 15) is 4.79 Å². The van der Waals surface area contributed by atoms with Crippen LogP contribution in [0.1, 0.15) is 18.5 Å². The van der Waals surface area contributed by atoms with Crippen LogP contribution in [-0.4, -0.2) is 25.7 Å². The van der Waals surface area contributed by atoms with Gasteiger partial charge in [-0.1, -0.05) is 24.3 Å². The molecule has 4 rings (SSSR count). The largest absolute Gasteiger partial charge is 0.328 e. The quantitative estimate of drug-likeness (QED) is 0.770. The second kappa shape index (κ2) is 6.20. The van der Waals surface area contributed by atoms with Crippen LogP contribution in [-0.2, 0) is 4.79 Å². The molecule has 0 aliphatic carbocycles. The molecule has 0 radical (unpaired) electrons. The average molecular weight is 332 g/mol. The Morgan fingerprint density at radius 1 is 1.20 bits per heavy atom. The van der Waals surface area contributed by atoms with Crippen molar-refractivity contribution in [3.8, 4) is 0 Å². The fraction of sp³-hybridized carbons (Fsp3) is 0.111. The molecule has 1 atom stereocenters. The lowest BCUT2D eigenvalue weighted by molar-refractivity contribution is -0.113. The van der Waals surface area contributed by atoms with Crippen LogP contribution in [0.4, 0.5) is 11.6 Å². The molecule has 1 aromatic carbocycles. The van der Waals surface area contributed by atoms with Crippen molar-refractivity contribution >= 4 is 17.5 Å². The Labute approximate surface area is 144 Å². The number of nitrogens with one attached hydrogen (secondary N) is 2. The van der Waals surface area contributed by atoms with Crippen LogP contribution >= 0.6 is 0 Å². The van der Waals surface area contributed by atoms with Gasteiger partial charge in [-0.3, -0.25) is 9.78 Å². The van der Waals surface area contributed by atoms with E-state index in [1.165, 1.54) is 6.33 Å². The molecule has 1 aliphatic heterocycles. The Hall–Kier alpha value is -3.48. The van der Waals surface area contributed by atoms with Gasteiger partial charge in [0.2, 0.25) is 5.95 Å². The van der Waals surface area contributed by atoms with Gasteiger partial charge in [-0.2, -0.15) is 10.1 Å². The number of carbonyl (C=O) groups is 1. The van der Waals surface area contributed by atoms with E-state index >= 15 is 0 Å². The summed E-state index contributed by atoms with van der Waals surface area (Å²) >= 11 is 0. The zero-order valence-corrected chi connectivity index (χ0v) is 13.5. The average Bonchev–Trinajstić information content (AvgIpc) is 3.10. The van der Waals surface area contributed by atoms with E-state index in [4.69, 9.17) is 0 Å². The highest BCUT2D eigenvalue weighted by molar-refractivity contribution is 6.05. The standard InChI is InChI=1S/C18H16N6O/c1-12-15(17(25)23-14-7-3-2-4-8-14)16(13-6-5-9-19-10-13)24-18(22-12)20-11-21-24/h2-11,16H,1H3,(H,23,25)(H,20,21,22)/t16-/m1/s1. The second-order valence-electron chi connectivity index (χ2n) is 5.70. The maximum Gasteiger partial charge on any atom is 0.255 e. The molecular formula is C18H16N6O. The number of anilines is 2. The Balaban J connectivity index is 1.77. The number of nitrogens with zero attached hydrogens (tertiary/aromatic N) is 4. The van der Waals surface area contributed by atoms with Crippen LogP contribution < -0.4 is 10.6 Å². The van der Waals surface area contributed by atoms with Gasteiger partial charge in [0.15, 0.2) is 0 Å². The SMILES string of the molecule is CC1=C(C(=O)Nc2ccccc2)[C@@H](c2cccnc2)n2ncnc2N1. The summed E-state index contributed by atoms with van der Waals surface area (Å²) in [5, 5.41) is 10.4. The molecule has 0 spiro atoms. The summed E-state index contributed by atoms with van der Waals surface area (Å²) in [5.74, 6) is 0.411. The first kappa shape index (κ1) is 15.1. The third-order valence-corrected chi connectivity index (χ3v) is 4.07. The van der Waals surface area contributed by atoms with E-state index in [0.717, 1.165) is 16.9 Å². The summed E-state index contributed by atoms with van der Waals surface area (Å²) in [6.07, 6.45) is 4.91. The molecule has 0 unspecified atom stereocenters. The van der Waals surface area contributed by atoms with Crippen molar-refractivity contribution in [1.82, 2.24) is 19.7 Å².